The van der Waals surface area contributed by atoms with Crippen LogP contribution in [0.1, 0.15) is 38.7 Å². The molecule has 0 aliphatic carbocycles. The van der Waals surface area contributed by atoms with E-state index < -0.39 is 20.1 Å². The fraction of sp³-hybridized carbons (Fsp3) is 0.583. The summed E-state index contributed by atoms with van der Waals surface area (Å²) in [5, 5.41) is 0. The van der Waals surface area contributed by atoms with Gasteiger partial charge in [-0.25, -0.2) is 0 Å². The summed E-state index contributed by atoms with van der Waals surface area (Å²) >= 11 is 0. The van der Waals surface area contributed by atoms with Crippen LogP contribution < -0.4 is 4.74 Å². The predicted octanol–water partition coefficient (Wildman–Crippen LogP) is 5.41. The number of carbonyl (C=O) groups is 2. The van der Waals surface area contributed by atoms with E-state index >= 15 is 0 Å². The van der Waals surface area contributed by atoms with Crippen molar-refractivity contribution in [3.05, 3.63) is 42.0 Å². The van der Waals surface area contributed by atoms with Crippen LogP contribution in [0.3, 0.4) is 0 Å². The third kappa shape index (κ3) is 10.7. The van der Waals surface area contributed by atoms with Crippen LogP contribution in [0.2, 0.25) is 25.7 Å². The van der Waals surface area contributed by atoms with Gasteiger partial charge in [0.05, 0.1) is 13.7 Å². The van der Waals surface area contributed by atoms with Crippen LogP contribution in [0, 0.1) is 5.92 Å². The first-order chi connectivity index (χ1) is 14.0. The second-order valence-corrected chi connectivity index (χ2v) is 14.7. The van der Waals surface area contributed by atoms with Gasteiger partial charge in [0.2, 0.25) is 0 Å². The Kier molecular flexibility index (Phi) is 11.1. The van der Waals surface area contributed by atoms with Crippen molar-refractivity contribution in [2.45, 2.75) is 71.5 Å². The first-order valence-electron chi connectivity index (χ1n) is 10.6. The van der Waals surface area contributed by atoms with Crippen molar-refractivity contribution in [3.63, 3.8) is 0 Å². The molecule has 2 atom stereocenters. The number of ether oxygens (including phenoxy) is 3. The quantitative estimate of drug-likeness (QED) is 0.222. The Morgan fingerprint density at radius 3 is 2.30 bits per heavy atom. The van der Waals surface area contributed by atoms with Crippen LogP contribution >= 0.6 is 0 Å². The Bertz CT molecular complexity index is 691. The lowest BCUT2D eigenvalue weighted by Gasteiger charge is -2.23. The second-order valence-electron chi connectivity index (χ2n) is 9.21. The summed E-state index contributed by atoms with van der Waals surface area (Å²) < 4.78 is 16.3. The summed E-state index contributed by atoms with van der Waals surface area (Å²) in [7, 11) is 0.203. The SMILES string of the molecule is C=C(C[Si](C)(C)C)C(OC(C)=O)C(=O)CCC[C@@H](C)COCc1ccc(OC)cc1. The Morgan fingerprint density at radius 1 is 1.13 bits per heavy atom. The fourth-order valence-corrected chi connectivity index (χ4v) is 4.80. The number of benzene rings is 1. The topological polar surface area (TPSA) is 61.8 Å². The van der Waals surface area contributed by atoms with Gasteiger partial charge in [-0.3, -0.25) is 9.59 Å². The number of hydrogen-bond donors (Lipinski definition) is 0. The minimum absolute atomic E-state index is 0.0557. The van der Waals surface area contributed by atoms with E-state index in [0.717, 1.165) is 35.8 Å². The highest BCUT2D eigenvalue weighted by atomic mass is 28.3. The molecule has 30 heavy (non-hydrogen) atoms. The Labute approximate surface area is 182 Å². The van der Waals surface area contributed by atoms with E-state index in [1.807, 2.05) is 24.3 Å². The van der Waals surface area contributed by atoms with Crippen LogP contribution in [-0.2, 0) is 25.7 Å². The maximum atomic E-state index is 12.7. The standard InChI is InChI=1S/C24H38O5Si/c1-18(15-28-16-21-11-13-22(27-4)14-12-21)9-8-10-23(26)24(29-20(3)25)19(2)17-30(5,6)7/h11-14,18,24H,2,8-10,15-17H2,1,3-7H3/t18-,24?/m1/s1. The molecular formula is C24H38O5Si. The summed E-state index contributed by atoms with van der Waals surface area (Å²) in [6.07, 6.45) is 1.19. The van der Waals surface area contributed by atoms with Crippen LogP contribution in [0.4, 0.5) is 0 Å². The Balaban J connectivity index is 2.39. The molecule has 0 spiro atoms. The van der Waals surface area contributed by atoms with Crippen molar-refractivity contribution in [3.8, 4) is 5.75 Å². The van der Waals surface area contributed by atoms with Crippen LogP contribution in [-0.4, -0.2) is 39.6 Å². The zero-order valence-corrected chi connectivity index (χ0v) is 20.5. The summed E-state index contributed by atoms with van der Waals surface area (Å²) in [5.41, 5.74) is 1.83. The molecule has 1 rings (SSSR count). The van der Waals surface area contributed by atoms with Gasteiger partial charge in [0.25, 0.3) is 0 Å². The molecular weight excluding hydrogens is 396 g/mol. The third-order valence-electron chi connectivity index (χ3n) is 4.65. The lowest BCUT2D eigenvalue weighted by Crippen LogP contribution is -2.32. The van der Waals surface area contributed by atoms with Crippen molar-refractivity contribution in [1.82, 2.24) is 0 Å². The van der Waals surface area contributed by atoms with Gasteiger partial charge in [0.15, 0.2) is 11.9 Å². The van der Waals surface area contributed by atoms with Gasteiger partial charge in [-0.1, -0.05) is 45.3 Å². The van der Waals surface area contributed by atoms with Gasteiger partial charge < -0.3 is 14.2 Å². The van der Waals surface area contributed by atoms with Gasteiger partial charge in [-0.05, 0) is 48.1 Å². The Morgan fingerprint density at radius 2 is 1.77 bits per heavy atom. The number of hydrogen-bond acceptors (Lipinski definition) is 5. The molecule has 0 saturated carbocycles. The molecule has 0 N–H and O–H groups in total. The van der Waals surface area contributed by atoms with Crippen molar-refractivity contribution >= 4 is 19.8 Å². The maximum Gasteiger partial charge on any atom is 0.303 e. The number of rotatable bonds is 14. The number of methoxy groups -OCH3 is 1. The molecule has 0 aliphatic rings. The highest BCUT2D eigenvalue weighted by Crippen LogP contribution is 2.22. The zero-order valence-electron chi connectivity index (χ0n) is 19.5. The van der Waals surface area contributed by atoms with Gasteiger partial charge in [0, 0.05) is 28.0 Å². The highest BCUT2D eigenvalue weighted by Gasteiger charge is 2.27. The summed E-state index contributed by atoms with van der Waals surface area (Å²) in [4.78, 5) is 24.1. The van der Waals surface area contributed by atoms with E-state index in [2.05, 4.69) is 33.1 Å². The van der Waals surface area contributed by atoms with Crippen molar-refractivity contribution in [2.24, 2.45) is 5.92 Å². The van der Waals surface area contributed by atoms with E-state index in [-0.39, 0.29) is 5.78 Å². The highest BCUT2D eigenvalue weighted by molar-refractivity contribution is 6.76. The van der Waals surface area contributed by atoms with Crippen LogP contribution in [0.15, 0.2) is 36.4 Å². The lowest BCUT2D eigenvalue weighted by molar-refractivity contribution is -0.150. The van der Waals surface area contributed by atoms with E-state index in [0.29, 0.717) is 25.6 Å². The molecule has 1 aromatic carbocycles. The van der Waals surface area contributed by atoms with Crippen molar-refractivity contribution in [1.29, 1.82) is 0 Å². The molecule has 0 amide bonds. The fourth-order valence-electron chi connectivity index (χ4n) is 3.26. The van der Waals surface area contributed by atoms with E-state index in [1.165, 1.54) is 6.92 Å². The molecule has 0 heterocycles. The van der Waals surface area contributed by atoms with E-state index in [1.54, 1.807) is 7.11 Å². The van der Waals surface area contributed by atoms with Gasteiger partial charge >= 0.3 is 5.97 Å². The van der Waals surface area contributed by atoms with Crippen LogP contribution in [0.25, 0.3) is 0 Å². The molecule has 1 unspecified atom stereocenters. The van der Waals surface area contributed by atoms with Crippen molar-refractivity contribution in [2.75, 3.05) is 13.7 Å². The van der Waals surface area contributed by atoms with Crippen LogP contribution in [0.5, 0.6) is 5.75 Å². The molecule has 1 aromatic rings. The Hall–Kier alpha value is -1.92. The average Bonchev–Trinajstić information content (AvgIpc) is 2.65. The smallest absolute Gasteiger partial charge is 0.303 e. The third-order valence-corrected chi connectivity index (χ3v) is 6.17. The monoisotopic (exact) mass is 434 g/mol. The first-order valence-corrected chi connectivity index (χ1v) is 14.3. The average molecular weight is 435 g/mol. The number of esters is 1. The summed E-state index contributed by atoms with van der Waals surface area (Å²) in [6.45, 7) is 15.3. The molecule has 0 aliphatic heterocycles. The summed E-state index contributed by atoms with van der Waals surface area (Å²) in [6, 6.07) is 8.59. The molecule has 0 fully saturated rings. The number of Topliss-reactive ketones (excluding diaryl/α,β-unsaturated/α-hetero) is 1. The maximum absolute atomic E-state index is 12.7. The second kappa shape index (κ2) is 12.7. The van der Waals surface area contributed by atoms with Gasteiger partial charge in [-0.15, -0.1) is 0 Å². The van der Waals surface area contributed by atoms with E-state index in [9.17, 15) is 9.59 Å². The lowest BCUT2D eigenvalue weighted by atomic mass is 9.99. The number of ketones is 1. The minimum atomic E-state index is -1.44. The number of carbonyl (C=O) groups excluding carboxylic acids is 2. The molecule has 6 heteroatoms. The summed E-state index contributed by atoms with van der Waals surface area (Å²) in [5.74, 6) is 0.676. The molecule has 0 aromatic heterocycles. The predicted molar refractivity (Wildman–Crippen MR) is 124 cm³/mol. The largest absolute Gasteiger partial charge is 0.497 e. The first kappa shape index (κ1) is 26.1. The molecule has 0 radical (unpaired) electrons. The van der Waals surface area contributed by atoms with Gasteiger partial charge in [-0.2, -0.15) is 0 Å². The molecule has 0 bridgehead atoms. The normalized spacial score (nSPS) is 13.4. The zero-order chi connectivity index (χ0) is 22.7. The minimum Gasteiger partial charge on any atom is -0.497 e. The molecule has 5 nitrogen and oxygen atoms in total. The molecule has 168 valence electrons. The molecule has 0 saturated heterocycles. The van der Waals surface area contributed by atoms with Crippen molar-refractivity contribution < 1.29 is 23.8 Å². The van der Waals surface area contributed by atoms with E-state index in [4.69, 9.17) is 14.2 Å². The van der Waals surface area contributed by atoms with Gasteiger partial charge in [0.1, 0.15) is 5.75 Å².